The molecular weight excluding hydrogens is 243 g/mol. The maximum absolute atomic E-state index is 13.6. The number of hydrogen-bond acceptors (Lipinski definition) is 3. The molecule has 0 amide bonds. The quantitative estimate of drug-likeness (QED) is 0.909. The highest BCUT2D eigenvalue weighted by molar-refractivity contribution is 6.30. The van der Waals surface area contributed by atoms with Gasteiger partial charge in [-0.3, -0.25) is 4.68 Å². The number of nitrogens with two attached hydrogens (primary N) is 1. The van der Waals surface area contributed by atoms with Crippen molar-refractivity contribution in [1.82, 2.24) is 15.0 Å². The average molecular weight is 255 g/mol. The number of benzene rings is 1. The molecule has 0 spiro atoms. The summed E-state index contributed by atoms with van der Waals surface area (Å²) in [6.07, 6.45) is 2.49. The van der Waals surface area contributed by atoms with E-state index in [1.807, 2.05) is 0 Å². The minimum Gasteiger partial charge on any atom is -0.330 e. The van der Waals surface area contributed by atoms with Crippen LogP contribution in [0.5, 0.6) is 0 Å². The molecule has 0 unspecified atom stereocenters. The van der Waals surface area contributed by atoms with Gasteiger partial charge in [-0.15, -0.1) is 5.10 Å². The summed E-state index contributed by atoms with van der Waals surface area (Å²) < 4.78 is 15.2. The normalized spacial score (nSPS) is 10.8. The first-order valence-electron chi connectivity index (χ1n) is 5.26. The summed E-state index contributed by atoms with van der Waals surface area (Å²) in [6.45, 7) is 1.26. The summed E-state index contributed by atoms with van der Waals surface area (Å²) in [5.74, 6) is -0.361. The summed E-state index contributed by atoms with van der Waals surface area (Å²) in [5, 5.41) is 8.29. The van der Waals surface area contributed by atoms with Crippen LogP contribution < -0.4 is 5.73 Å². The lowest BCUT2D eigenvalue weighted by Gasteiger charge is -1.99. The van der Waals surface area contributed by atoms with Crippen molar-refractivity contribution in [3.63, 3.8) is 0 Å². The van der Waals surface area contributed by atoms with E-state index in [0.29, 0.717) is 29.4 Å². The van der Waals surface area contributed by atoms with E-state index in [2.05, 4.69) is 10.3 Å². The molecule has 0 saturated carbocycles. The van der Waals surface area contributed by atoms with E-state index in [1.165, 1.54) is 18.2 Å². The van der Waals surface area contributed by atoms with Crippen LogP contribution in [-0.4, -0.2) is 21.5 Å². The Bertz CT molecular complexity index is 512. The second-order valence-corrected chi connectivity index (χ2v) is 4.07. The highest BCUT2D eigenvalue weighted by Gasteiger charge is 2.09. The summed E-state index contributed by atoms with van der Waals surface area (Å²) in [7, 11) is 0. The van der Waals surface area contributed by atoms with Crippen LogP contribution in [0.25, 0.3) is 11.3 Å². The third kappa shape index (κ3) is 2.81. The number of aryl methyl sites for hydroxylation is 1. The second kappa shape index (κ2) is 5.25. The molecule has 0 bridgehead atoms. The van der Waals surface area contributed by atoms with E-state index in [1.54, 1.807) is 10.9 Å². The fraction of sp³-hybridized carbons (Fsp3) is 0.273. The summed E-state index contributed by atoms with van der Waals surface area (Å²) in [5.41, 5.74) is 6.23. The molecule has 2 rings (SSSR count). The molecule has 0 aliphatic carbocycles. The van der Waals surface area contributed by atoms with Crippen LogP contribution in [0.3, 0.4) is 0 Å². The highest BCUT2D eigenvalue weighted by Crippen LogP contribution is 2.23. The van der Waals surface area contributed by atoms with Gasteiger partial charge in [-0.05, 0) is 31.2 Å². The van der Waals surface area contributed by atoms with Crippen LogP contribution in [-0.2, 0) is 6.54 Å². The molecule has 6 heteroatoms. The molecule has 90 valence electrons. The van der Waals surface area contributed by atoms with Crippen LogP contribution in [0.1, 0.15) is 6.42 Å². The zero-order valence-electron chi connectivity index (χ0n) is 9.11. The zero-order valence-corrected chi connectivity index (χ0v) is 9.86. The standard InChI is InChI=1S/C11H12ClFN4/c12-8-2-3-10(13)9(6-8)11-7-17(16-15-11)5-1-4-14/h2-3,6-7H,1,4-5,14H2. The van der Waals surface area contributed by atoms with Gasteiger partial charge in [0.1, 0.15) is 11.5 Å². The molecule has 2 N–H and O–H groups in total. The van der Waals surface area contributed by atoms with E-state index in [0.717, 1.165) is 6.42 Å². The maximum Gasteiger partial charge on any atom is 0.132 e. The van der Waals surface area contributed by atoms with Gasteiger partial charge in [0.05, 0.1) is 6.20 Å². The Kier molecular flexibility index (Phi) is 3.71. The molecule has 4 nitrogen and oxygen atoms in total. The van der Waals surface area contributed by atoms with Crippen molar-refractivity contribution >= 4 is 11.6 Å². The Morgan fingerprint density at radius 3 is 3.00 bits per heavy atom. The fourth-order valence-electron chi connectivity index (χ4n) is 1.48. The Hall–Kier alpha value is -1.46. The van der Waals surface area contributed by atoms with Crippen LogP contribution in [0.2, 0.25) is 5.02 Å². The van der Waals surface area contributed by atoms with Gasteiger partial charge in [0.2, 0.25) is 0 Å². The Balaban J connectivity index is 2.27. The molecule has 0 aliphatic heterocycles. The minimum atomic E-state index is -0.361. The van der Waals surface area contributed by atoms with Gasteiger partial charge in [-0.25, -0.2) is 4.39 Å². The third-order valence-electron chi connectivity index (χ3n) is 2.33. The molecule has 1 heterocycles. The molecular formula is C11H12ClFN4. The fourth-order valence-corrected chi connectivity index (χ4v) is 1.65. The van der Waals surface area contributed by atoms with Gasteiger partial charge in [-0.1, -0.05) is 16.8 Å². The first kappa shape index (κ1) is 12.0. The summed E-state index contributed by atoms with van der Waals surface area (Å²) in [4.78, 5) is 0. The topological polar surface area (TPSA) is 56.7 Å². The van der Waals surface area contributed by atoms with E-state index in [4.69, 9.17) is 17.3 Å². The maximum atomic E-state index is 13.6. The molecule has 2 aromatic rings. The number of halogens is 2. The molecule has 1 aromatic heterocycles. The van der Waals surface area contributed by atoms with Crippen LogP contribution in [0.15, 0.2) is 24.4 Å². The van der Waals surface area contributed by atoms with E-state index in [-0.39, 0.29) is 5.82 Å². The lowest BCUT2D eigenvalue weighted by atomic mass is 10.1. The number of aromatic nitrogens is 3. The van der Waals surface area contributed by atoms with E-state index >= 15 is 0 Å². The predicted octanol–water partition coefficient (Wildman–Crippen LogP) is 2.09. The van der Waals surface area contributed by atoms with Crippen LogP contribution in [0.4, 0.5) is 4.39 Å². The smallest absolute Gasteiger partial charge is 0.132 e. The van der Waals surface area contributed by atoms with E-state index in [9.17, 15) is 4.39 Å². The van der Waals surface area contributed by atoms with Gasteiger partial charge in [0.15, 0.2) is 0 Å². The number of rotatable bonds is 4. The SMILES string of the molecule is NCCCn1cc(-c2cc(Cl)ccc2F)nn1. The molecule has 0 saturated heterocycles. The molecule has 1 aromatic carbocycles. The average Bonchev–Trinajstić information content (AvgIpc) is 2.78. The zero-order chi connectivity index (χ0) is 12.3. The Morgan fingerprint density at radius 2 is 2.24 bits per heavy atom. The molecule has 0 atom stereocenters. The first-order valence-corrected chi connectivity index (χ1v) is 5.64. The van der Waals surface area contributed by atoms with Gasteiger partial charge < -0.3 is 5.73 Å². The van der Waals surface area contributed by atoms with Gasteiger partial charge >= 0.3 is 0 Å². The molecule has 0 fully saturated rings. The van der Waals surface area contributed by atoms with Crippen molar-refractivity contribution in [2.75, 3.05) is 6.54 Å². The largest absolute Gasteiger partial charge is 0.330 e. The van der Waals surface area contributed by atoms with Crippen molar-refractivity contribution in [2.24, 2.45) is 5.73 Å². The lowest BCUT2D eigenvalue weighted by Crippen LogP contribution is -2.06. The number of nitrogens with zero attached hydrogens (tertiary/aromatic N) is 3. The van der Waals surface area contributed by atoms with Crippen molar-refractivity contribution in [1.29, 1.82) is 0 Å². The van der Waals surface area contributed by atoms with Crippen molar-refractivity contribution in [3.8, 4) is 11.3 Å². The van der Waals surface area contributed by atoms with Gasteiger partial charge in [0, 0.05) is 17.1 Å². The van der Waals surface area contributed by atoms with Gasteiger partial charge in [-0.2, -0.15) is 0 Å². The van der Waals surface area contributed by atoms with Crippen LogP contribution >= 0.6 is 11.6 Å². The summed E-state index contributed by atoms with van der Waals surface area (Å²) in [6, 6.07) is 4.35. The third-order valence-corrected chi connectivity index (χ3v) is 2.57. The predicted molar refractivity (Wildman–Crippen MR) is 64.1 cm³/mol. The Labute approximate surface area is 103 Å². The Morgan fingerprint density at radius 1 is 1.41 bits per heavy atom. The van der Waals surface area contributed by atoms with E-state index < -0.39 is 0 Å². The van der Waals surface area contributed by atoms with Crippen molar-refractivity contribution in [2.45, 2.75) is 13.0 Å². The molecule has 0 aliphatic rings. The monoisotopic (exact) mass is 254 g/mol. The van der Waals surface area contributed by atoms with Crippen molar-refractivity contribution < 1.29 is 4.39 Å². The first-order chi connectivity index (χ1) is 8.20. The van der Waals surface area contributed by atoms with Crippen LogP contribution in [0, 0.1) is 5.82 Å². The highest BCUT2D eigenvalue weighted by atomic mass is 35.5. The minimum absolute atomic E-state index is 0.358. The second-order valence-electron chi connectivity index (χ2n) is 3.63. The molecule has 17 heavy (non-hydrogen) atoms. The van der Waals surface area contributed by atoms with Gasteiger partial charge in [0.25, 0.3) is 0 Å². The van der Waals surface area contributed by atoms with Crippen molar-refractivity contribution in [3.05, 3.63) is 35.2 Å². The lowest BCUT2D eigenvalue weighted by molar-refractivity contribution is 0.564. The molecule has 0 radical (unpaired) electrons. The summed E-state index contributed by atoms with van der Waals surface area (Å²) >= 11 is 5.82. The number of hydrogen-bond donors (Lipinski definition) is 1.